The summed E-state index contributed by atoms with van der Waals surface area (Å²) in [6, 6.07) is 7.20. The Morgan fingerprint density at radius 1 is 1.33 bits per heavy atom. The van der Waals surface area contributed by atoms with Gasteiger partial charge in [0.05, 0.1) is 4.92 Å². The lowest BCUT2D eigenvalue weighted by Gasteiger charge is -2.07. The summed E-state index contributed by atoms with van der Waals surface area (Å²) >= 11 is 0. The van der Waals surface area contributed by atoms with Crippen molar-refractivity contribution in [2.75, 3.05) is 5.32 Å². The third kappa shape index (κ3) is 3.27. The highest BCUT2D eigenvalue weighted by molar-refractivity contribution is 5.50. The van der Waals surface area contributed by atoms with Crippen molar-refractivity contribution in [2.45, 2.75) is 6.54 Å². The Labute approximate surface area is 117 Å². The van der Waals surface area contributed by atoms with Gasteiger partial charge in [-0.3, -0.25) is 10.1 Å². The Bertz CT molecular complexity index is 743. The molecule has 0 aliphatic heterocycles. The number of nitriles is 1. The van der Waals surface area contributed by atoms with Crippen LogP contribution >= 0.6 is 0 Å². The van der Waals surface area contributed by atoms with Gasteiger partial charge >= 0.3 is 5.69 Å². The van der Waals surface area contributed by atoms with E-state index in [2.05, 4.69) is 10.3 Å². The largest absolute Gasteiger partial charge is 0.366 e. The fourth-order valence-electron chi connectivity index (χ4n) is 1.63. The maximum Gasteiger partial charge on any atom is 0.305 e. The molecule has 0 aliphatic rings. The number of pyridine rings is 1. The molecule has 0 saturated heterocycles. The summed E-state index contributed by atoms with van der Waals surface area (Å²) in [5.41, 5.74) is -0.546. The highest BCUT2D eigenvalue weighted by Crippen LogP contribution is 2.19. The summed E-state index contributed by atoms with van der Waals surface area (Å²) in [4.78, 5) is 13.7. The molecular formula is C13H8F2N4O2. The third-order valence-electron chi connectivity index (χ3n) is 2.65. The molecule has 1 heterocycles. The number of nitro groups is 1. The first-order valence-electron chi connectivity index (χ1n) is 5.74. The van der Waals surface area contributed by atoms with Crippen LogP contribution in [0.5, 0.6) is 0 Å². The van der Waals surface area contributed by atoms with E-state index in [0.717, 1.165) is 18.2 Å². The van der Waals surface area contributed by atoms with E-state index in [-0.39, 0.29) is 23.6 Å². The zero-order chi connectivity index (χ0) is 15.4. The van der Waals surface area contributed by atoms with Crippen LogP contribution in [-0.4, -0.2) is 9.91 Å². The molecule has 0 amide bonds. The number of hydrogen-bond donors (Lipinski definition) is 1. The molecule has 0 fully saturated rings. The van der Waals surface area contributed by atoms with Crippen LogP contribution in [0.3, 0.4) is 0 Å². The first-order chi connectivity index (χ1) is 10.0. The van der Waals surface area contributed by atoms with E-state index < -0.39 is 22.2 Å². The smallest absolute Gasteiger partial charge is 0.305 e. The van der Waals surface area contributed by atoms with Crippen molar-refractivity contribution in [1.82, 2.24) is 4.98 Å². The Balaban J connectivity index is 2.17. The van der Waals surface area contributed by atoms with Crippen LogP contribution in [0.4, 0.5) is 20.3 Å². The van der Waals surface area contributed by atoms with Gasteiger partial charge in [0.25, 0.3) is 0 Å². The Hall–Kier alpha value is -3.08. The molecule has 0 aliphatic carbocycles. The Morgan fingerprint density at radius 2 is 2.10 bits per heavy atom. The number of aromatic nitrogens is 1. The lowest BCUT2D eigenvalue weighted by molar-refractivity contribution is -0.385. The Morgan fingerprint density at radius 3 is 2.71 bits per heavy atom. The third-order valence-corrected chi connectivity index (χ3v) is 2.65. The topological polar surface area (TPSA) is 91.8 Å². The molecule has 0 saturated carbocycles. The van der Waals surface area contributed by atoms with Gasteiger partial charge < -0.3 is 5.32 Å². The maximum absolute atomic E-state index is 13.4. The van der Waals surface area contributed by atoms with E-state index in [1.54, 1.807) is 6.07 Å². The quantitative estimate of drug-likeness (QED) is 0.690. The molecule has 2 aromatic rings. The first kappa shape index (κ1) is 14.3. The van der Waals surface area contributed by atoms with Gasteiger partial charge in [0.1, 0.15) is 23.5 Å². The minimum Gasteiger partial charge on any atom is -0.366 e. The van der Waals surface area contributed by atoms with Crippen LogP contribution in [0.1, 0.15) is 11.3 Å². The second kappa shape index (κ2) is 5.92. The van der Waals surface area contributed by atoms with E-state index in [1.807, 2.05) is 0 Å². The average Bonchev–Trinajstić information content (AvgIpc) is 2.45. The van der Waals surface area contributed by atoms with Gasteiger partial charge in [-0.25, -0.2) is 13.8 Å². The van der Waals surface area contributed by atoms with Crippen LogP contribution in [0.15, 0.2) is 30.3 Å². The molecule has 0 spiro atoms. The van der Waals surface area contributed by atoms with Crippen molar-refractivity contribution in [3.05, 3.63) is 63.3 Å². The molecular weight excluding hydrogens is 282 g/mol. The summed E-state index contributed by atoms with van der Waals surface area (Å²) in [7, 11) is 0. The van der Waals surface area contributed by atoms with E-state index in [9.17, 15) is 18.9 Å². The van der Waals surface area contributed by atoms with Crippen molar-refractivity contribution in [1.29, 1.82) is 5.26 Å². The molecule has 2 rings (SSSR count). The van der Waals surface area contributed by atoms with Crippen molar-refractivity contribution in [3.63, 3.8) is 0 Å². The van der Waals surface area contributed by atoms with Crippen molar-refractivity contribution < 1.29 is 13.7 Å². The minimum atomic E-state index is -0.718. The number of halogens is 2. The standard InChI is InChI=1S/C13H8F2N4O2/c14-9-2-1-8(10(15)5-9)7-17-13-4-3-12(19(20)21)11(6-16)18-13/h1-5H,7H2,(H,17,18). The second-order valence-electron chi connectivity index (χ2n) is 4.02. The first-order valence-corrected chi connectivity index (χ1v) is 5.74. The van der Waals surface area contributed by atoms with Crippen molar-refractivity contribution in [3.8, 4) is 6.07 Å². The van der Waals surface area contributed by atoms with E-state index in [1.165, 1.54) is 12.1 Å². The van der Waals surface area contributed by atoms with Crippen LogP contribution in [0.2, 0.25) is 0 Å². The molecule has 0 unspecified atom stereocenters. The number of hydrogen-bond acceptors (Lipinski definition) is 5. The van der Waals surface area contributed by atoms with Gasteiger partial charge in [-0.2, -0.15) is 5.26 Å². The zero-order valence-electron chi connectivity index (χ0n) is 10.5. The number of nitrogens with one attached hydrogen (secondary N) is 1. The van der Waals surface area contributed by atoms with Gasteiger partial charge in [-0.1, -0.05) is 6.07 Å². The number of rotatable bonds is 4. The van der Waals surface area contributed by atoms with Gasteiger partial charge in [0.2, 0.25) is 5.69 Å². The summed E-state index contributed by atoms with van der Waals surface area (Å²) < 4.78 is 26.2. The van der Waals surface area contributed by atoms with E-state index >= 15 is 0 Å². The molecule has 21 heavy (non-hydrogen) atoms. The van der Waals surface area contributed by atoms with Crippen LogP contribution in [0, 0.1) is 33.1 Å². The molecule has 1 N–H and O–H groups in total. The molecule has 6 nitrogen and oxygen atoms in total. The predicted octanol–water partition coefficient (Wildman–Crippen LogP) is 2.75. The molecule has 1 aromatic heterocycles. The summed E-state index contributed by atoms with van der Waals surface area (Å²) in [5.74, 6) is -1.22. The zero-order valence-corrected chi connectivity index (χ0v) is 10.5. The number of nitrogens with zero attached hydrogens (tertiary/aromatic N) is 3. The maximum atomic E-state index is 13.4. The molecule has 106 valence electrons. The fourth-order valence-corrected chi connectivity index (χ4v) is 1.63. The highest BCUT2D eigenvalue weighted by atomic mass is 19.1. The van der Waals surface area contributed by atoms with Crippen molar-refractivity contribution in [2.24, 2.45) is 0 Å². The van der Waals surface area contributed by atoms with Gasteiger partial charge in [-0.05, 0) is 12.1 Å². The van der Waals surface area contributed by atoms with Crippen LogP contribution in [0.25, 0.3) is 0 Å². The lowest BCUT2D eigenvalue weighted by Crippen LogP contribution is -2.05. The summed E-state index contributed by atoms with van der Waals surface area (Å²) in [5, 5.41) is 22.2. The van der Waals surface area contributed by atoms with Crippen LogP contribution < -0.4 is 5.32 Å². The predicted molar refractivity (Wildman–Crippen MR) is 69.3 cm³/mol. The molecule has 0 radical (unpaired) electrons. The molecule has 1 aromatic carbocycles. The highest BCUT2D eigenvalue weighted by Gasteiger charge is 2.15. The molecule has 0 bridgehead atoms. The van der Waals surface area contributed by atoms with E-state index in [4.69, 9.17) is 5.26 Å². The monoisotopic (exact) mass is 290 g/mol. The normalized spacial score (nSPS) is 9.95. The number of anilines is 1. The van der Waals surface area contributed by atoms with Gasteiger partial charge in [0, 0.05) is 24.2 Å². The van der Waals surface area contributed by atoms with Crippen LogP contribution in [-0.2, 0) is 6.54 Å². The molecule has 8 heteroatoms. The lowest BCUT2D eigenvalue weighted by atomic mass is 10.2. The molecule has 0 atom stereocenters. The average molecular weight is 290 g/mol. The second-order valence-corrected chi connectivity index (χ2v) is 4.02. The minimum absolute atomic E-state index is 0.00178. The van der Waals surface area contributed by atoms with Gasteiger partial charge in [0.15, 0.2) is 0 Å². The Kier molecular flexibility index (Phi) is 4.04. The van der Waals surface area contributed by atoms with Gasteiger partial charge in [-0.15, -0.1) is 0 Å². The number of benzene rings is 1. The van der Waals surface area contributed by atoms with E-state index in [0.29, 0.717) is 0 Å². The SMILES string of the molecule is N#Cc1nc(NCc2ccc(F)cc2F)ccc1[N+](=O)[O-]. The fraction of sp³-hybridized carbons (Fsp3) is 0.0769. The summed E-state index contributed by atoms with van der Waals surface area (Å²) in [6.45, 7) is 0.00178. The summed E-state index contributed by atoms with van der Waals surface area (Å²) in [6.07, 6.45) is 0. The van der Waals surface area contributed by atoms with Crippen molar-refractivity contribution >= 4 is 11.5 Å².